The summed E-state index contributed by atoms with van der Waals surface area (Å²) in [7, 11) is 1.50. The molecule has 3 aliphatic carbocycles. The summed E-state index contributed by atoms with van der Waals surface area (Å²) in [5.41, 5.74) is -0.802. The van der Waals surface area contributed by atoms with E-state index in [1.807, 2.05) is 0 Å². The molecule has 0 radical (unpaired) electrons. The number of fused-ring (bicyclic) bond motifs is 3. The molecule has 2 heterocycles. The van der Waals surface area contributed by atoms with Crippen molar-refractivity contribution in [1.29, 1.82) is 0 Å². The maximum atomic E-state index is 14.0. The van der Waals surface area contributed by atoms with Gasteiger partial charge in [0.25, 0.3) is 5.91 Å². The molecular formula is C23H22F3N5O4. The standard InChI is InChI=1S/C23H22F3N5O4/c1-34-15-10-27-14(9-28-15)19-30-21(35-31-19)23-5-2-22(3-6-23,4-7-23)11-29-20(33)12-8-13(24)18(32)17(26)16(12)25/h8-10,32H,2-7,11H2,1H3,(H,29,33). The highest BCUT2D eigenvalue weighted by atomic mass is 19.2. The number of carbonyl (C=O) groups excluding carboxylic acids is 1. The molecule has 3 aliphatic rings. The Morgan fingerprint density at radius 1 is 1.11 bits per heavy atom. The number of nitrogens with one attached hydrogen (secondary N) is 1. The van der Waals surface area contributed by atoms with Crippen LogP contribution in [0, 0.1) is 22.9 Å². The van der Waals surface area contributed by atoms with Crippen molar-refractivity contribution >= 4 is 5.91 Å². The predicted octanol–water partition coefficient (Wildman–Crippen LogP) is 3.68. The zero-order valence-corrected chi connectivity index (χ0v) is 18.8. The van der Waals surface area contributed by atoms with Crippen LogP contribution in [0.4, 0.5) is 13.2 Å². The fourth-order valence-corrected chi connectivity index (χ4v) is 5.04. The van der Waals surface area contributed by atoms with Crippen LogP contribution in [-0.4, -0.2) is 44.8 Å². The highest BCUT2D eigenvalue weighted by Crippen LogP contribution is 2.57. The first kappa shape index (κ1) is 23.1. The second-order valence-electron chi connectivity index (χ2n) is 9.21. The van der Waals surface area contributed by atoms with E-state index >= 15 is 0 Å². The van der Waals surface area contributed by atoms with Gasteiger partial charge in [-0.25, -0.2) is 18.7 Å². The lowest BCUT2D eigenvalue weighted by atomic mass is 9.53. The van der Waals surface area contributed by atoms with E-state index in [4.69, 9.17) is 14.4 Å². The number of nitrogens with zero attached hydrogens (tertiary/aromatic N) is 4. The van der Waals surface area contributed by atoms with Gasteiger partial charge in [-0.15, -0.1) is 0 Å². The van der Waals surface area contributed by atoms with Gasteiger partial charge in [0.2, 0.25) is 23.4 Å². The molecule has 35 heavy (non-hydrogen) atoms. The van der Waals surface area contributed by atoms with Crippen LogP contribution in [0.5, 0.6) is 11.6 Å². The molecule has 6 rings (SSSR count). The number of phenolic OH excluding ortho intramolecular Hbond substituents is 1. The molecule has 12 heteroatoms. The molecule has 0 spiro atoms. The van der Waals surface area contributed by atoms with E-state index in [0.29, 0.717) is 29.4 Å². The quantitative estimate of drug-likeness (QED) is 0.503. The van der Waals surface area contributed by atoms with E-state index in [1.165, 1.54) is 19.5 Å². The van der Waals surface area contributed by atoms with Crippen molar-refractivity contribution in [3.8, 4) is 23.1 Å². The molecule has 0 atom stereocenters. The van der Waals surface area contributed by atoms with Crippen molar-refractivity contribution in [3.63, 3.8) is 0 Å². The second-order valence-corrected chi connectivity index (χ2v) is 9.21. The van der Waals surface area contributed by atoms with E-state index in [0.717, 1.165) is 38.5 Å². The third-order valence-corrected chi connectivity index (χ3v) is 7.35. The van der Waals surface area contributed by atoms with Crippen LogP contribution in [0.3, 0.4) is 0 Å². The Hall–Kier alpha value is -3.70. The zero-order chi connectivity index (χ0) is 24.8. The lowest BCUT2D eigenvalue weighted by Crippen LogP contribution is -2.49. The molecule has 184 valence electrons. The van der Waals surface area contributed by atoms with Gasteiger partial charge >= 0.3 is 0 Å². The molecule has 9 nitrogen and oxygen atoms in total. The van der Waals surface area contributed by atoms with Crippen LogP contribution in [0.1, 0.15) is 54.8 Å². The highest BCUT2D eigenvalue weighted by Gasteiger charge is 2.52. The van der Waals surface area contributed by atoms with Gasteiger partial charge in [-0.3, -0.25) is 4.79 Å². The number of aromatic hydroxyl groups is 1. The maximum Gasteiger partial charge on any atom is 0.254 e. The third-order valence-electron chi connectivity index (χ3n) is 7.35. The molecule has 1 aromatic carbocycles. The summed E-state index contributed by atoms with van der Waals surface area (Å²) in [4.78, 5) is 25.4. The van der Waals surface area contributed by atoms with Crippen LogP contribution in [0.25, 0.3) is 11.5 Å². The van der Waals surface area contributed by atoms with Crippen molar-refractivity contribution in [2.24, 2.45) is 5.41 Å². The van der Waals surface area contributed by atoms with Gasteiger partial charge in [0.1, 0.15) is 5.69 Å². The number of halogens is 3. The Morgan fingerprint density at radius 2 is 1.83 bits per heavy atom. The van der Waals surface area contributed by atoms with Crippen LogP contribution >= 0.6 is 0 Å². The Morgan fingerprint density at radius 3 is 2.46 bits per heavy atom. The monoisotopic (exact) mass is 489 g/mol. The summed E-state index contributed by atoms with van der Waals surface area (Å²) < 4.78 is 51.9. The number of hydrogen-bond donors (Lipinski definition) is 2. The first-order valence-corrected chi connectivity index (χ1v) is 11.1. The number of ether oxygens (including phenoxy) is 1. The molecular weight excluding hydrogens is 467 g/mol. The first-order valence-electron chi connectivity index (χ1n) is 11.1. The van der Waals surface area contributed by atoms with Gasteiger partial charge in [0, 0.05) is 12.0 Å². The van der Waals surface area contributed by atoms with Gasteiger partial charge in [-0.05, 0) is 50.0 Å². The Labute approximate surface area is 197 Å². The minimum absolute atomic E-state index is 0.216. The summed E-state index contributed by atoms with van der Waals surface area (Å²) in [6.45, 7) is 0.238. The summed E-state index contributed by atoms with van der Waals surface area (Å²) in [5.74, 6) is -5.88. The largest absolute Gasteiger partial charge is 0.503 e. The van der Waals surface area contributed by atoms with E-state index in [-0.39, 0.29) is 17.4 Å². The Balaban J connectivity index is 1.25. The maximum absolute atomic E-state index is 14.0. The number of rotatable bonds is 6. The molecule has 3 saturated carbocycles. The highest BCUT2D eigenvalue weighted by molar-refractivity contribution is 5.94. The fraction of sp³-hybridized carbons (Fsp3) is 0.435. The van der Waals surface area contributed by atoms with E-state index < -0.39 is 34.7 Å². The van der Waals surface area contributed by atoms with Gasteiger partial charge in [-0.1, -0.05) is 5.16 Å². The summed E-state index contributed by atoms with van der Waals surface area (Å²) in [6, 6.07) is 0.494. The third kappa shape index (κ3) is 3.96. The summed E-state index contributed by atoms with van der Waals surface area (Å²) in [6.07, 6.45) is 7.53. The van der Waals surface area contributed by atoms with Crippen molar-refractivity contribution in [3.05, 3.63) is 47.4 Å². The fourth-order valence-electron chi connectivity index (χ4n) is 5.04. The second kappa shape index (κ2) is 8.51. The van der Waals surface area contributed by atoms with Crippen molar-refractivity contribution in [2.75, 3.05) is 13.7 Å². The van der Waals surface area contributed by atoms with Gasteiger partial charge in [0.15, 0.2) is 17.4 Å². The molecule has 2 bridgehead atoms. The molecule has 0 aliphatic heterocycles. The summed E-state index contributed by atoms with van der Waals surface area (Å²) in [5, 5.41) is 15.8. The van der Waals surface area contributed by atoms with Crippen LogP contribution < -0.4 is 10.1 Å². The Kier molecular flexibility index (Phi) is 5.60. The van der Waals surface area contributed by atoms with Crippen LogP contribution in [0.2, 0.25) is 0 Å². The minimum Gasteiger partial charge on any atom is -0.503 e. The van der Waals surface area contributed by atoms with Crippen LogP contribution in [0.15, 0.2) is 23.0 Å². The minimum atomic E-state index is -1.78. The first-order chi connectivity index (χ1) is 16.8. The van der Waals surface area contributed by atoms with Gasteiger partial charge < -0.3 is 19.7 Å². The van der Waals surface area contributed by atoms with E-state index in [9.17, 15) is 18.0 Å². The predicted molar refractivity (Wildman–Crippen MR) is 114 cm³/mol. The SMILES string of the molecule is COc1cnc(-c2noc(C34CCC(CNC(=O)c5cc(F)c(O)c(F)c5F)(CC3)CC4)n2)cn1. The molecule has 3 aromatic rings. The van der Waals surface area contributed by atoms with Crippen molar-refractivity contribution in [2.45, 2.75) is 43.9 Å². The topological polar surface area (TPSA) is 123 Å². The molecule has 3 fully saturated rings. The number of aromatic nitrogens is 4. The van der Waals surface area contributed by atoms with Gasteiger partial charge in [0.05, 0.1) is 25.1 Å². The molecule has 2 aromatic heterocycles. The van der Waals surface area contributed by atoms with Crippen LogP contribution in [-0.2, 0) is 5.41 Å². The number of carbonyl (C=O) groups is 1. The molecule has 2 N–H and O–H groups in total. The molecule has 0 saturated heterocycles. The number of amides is 1. The zero-order valence-electron chi connectivity index (χ0n) is 18.8. The smallest absolute Gasteiger partial charge is 0.254 e. The van der Waals surface area contributed by atoms with Crippen molar-refractivity contribution < 1.29 is 32.3 Å². The number of hydrogen-bond acceptors (Lipinski definition) is 8. The van der Waals surface area contributed by atoms with Crippen molar-refractivity contribution in [1.82, 2.24) is 25.4 Å². The normalized spacial score (nSPS) is 23.3. The van der Waals surface area contributed by atoms with E-state index in [2.05, 4.69) is 25.4 Å². The molecule has 0 unspecified atom stereocenters. The Bertz CT molecular complexity index is 1260. The number of benzene rings is 1. The lowest BCUT2D eigenvalue weighted by Gasteiger charge is -2.51. The molecule has 1 amide bonds. The van der Waals surface area contributed by atoms with Gasteiger partial charge in [-0.2, -0.15) is 9.37 Å². The number of phenols is 1. The summed E-state index contributed by atoms with van der Waals surface area (Å²) >= 11 is 0. The van der Waals surface area contributed by atoms with E-state index in [1.54, 1.807) is 0 Å². The average molecular weight is 489 g/mol. The number of methoxy groups -OCH3 is 1. The lowest BCUT2D eigenvalue weighted by molar-refractivity contribution is 0.0228. The average Bonchev–Trinajstić information content (AvgIpc) is 3.41.